The van der Waals surface area contributed by atoms with Crippen molar-refractivity contribution in [3.63, 3.8) is 0 Å². The van der Waals surface area contributed by atoms with E-state index in [0.29, 0.717) is 40.6 Å². The largest absolute Gasteiger partial charge is 0.494 e. The number of rotatable bonds is 10. The van der Waals surface area contributed by atoms with Crippen LogP contribution in [0, 0.1) is 24.0 Å². The molecule has 0 radical (unpaired) electrons. The van der Waals surface area contributed by atoms with Gasteiger partial charge in [0.1, 0.15) is 11.5 Å². The van der Waals surface area contributed by atoms with Gasteiger partial charge < -0.3 is 14.8 Å². The molecule has 0 aliphatic carbocycles. The molecule has 1 amide bonds. The molecular weight excluding hydrogens is 474 g/mol. The van der Waals surface area contributed by atoms with Gasteiger partial charge in [0.2, 0.25) is 0 Å². The van der Waals surface area contributed by atoms with E-state index in [-0.39, 0.29) is 17.2 Å². The topological polar surface area (TPSA) is 137 Å². The number of amides is 1. The van der Waals surface area contributed by atoms with Gasteiger partial charge in [0.05, 0.1) is 22.1 Å². The summed E-state index contributed by atoms with van der Waals surface area (Å²) in [4.78, 5) is 22.7. The fourth-order valence-electron chi connectivity index (χ4n) is 3.14. The minimum absolute atomic E-state index is 0.0351. The first kappa shape index (κ1) is 25.5. The van der Waals surface area contributed by atoms with Crippen LogP contribution in [0.3, 0.4) is 0 Å². The van der Waals surface area contributed by atoms with Crippen molar-refractivity contribution in [2.24, 2.45) is 0 Å². The molecule has 2 N–H and O–H groups in total. The molecule has 0 spiro atoms. The summed E-state index contributed by atoms with van der Waals surface area (Å²) in [5, 5.41) is 13.5. The molecule has 0 bridgehead atoms. The molecule has 0 saturated carbocycles. The summed E-state index contributed by atoms with van der Waals surface area (Å²) in [7, 11) is -3.85. The second-order valence-corrected chi connectivity index (χ2v) is 9.27. The quantitative estimate of drug-likeness (QED) is 0.311. The minimum Gasteiger partial charge on any atom is -0.494 e. The Labute approximate surface area is 203 Å². The van der Waals surface area contributed by atoms with Crippen LogP contribution < -0.4 is 19.5 Å². The molecule has 11 heteroatoms. The van der Waals surface area contributed by atoms with Gasteiger partial charge in [-0.3, -0.25) is 19.6 Å². The number of nitro benzene ring substituents is 1. The monoisotopic (exact) mass is 499 g/mol. The number of aryl methyl sites for hydroxylation is 2. The number of nitro groups is 1. The van der Waals surface area contributed by atoms with Gasteiger partial charge in [-0.2, -0.15) is 0 Å². The van der Waals surface area contributed by atoms with Gasteiger partial charge in [0, 0.05) is 17.8 Å². The van der Waals surface area contributed by atoms with E-state index in [0.717, 1.165) is 0 Å². The summed E-state index contributed by atoms with van der Waals surface area (Å²) in [6.07, 6.45) is 0. The van der Waals surface area contributed by atoms with E-state index in [1.54, 1.807) is 44.2 Å². The maximum Gasteiger partial charge on any atom is 0.271 e. The Morgan fingerprint density at radius 3 is 2.31 bits per heavy atom. The Bertz CT molecular complexity index is 1340. The molecule has 0 atom stereocenters. The zero-order valence-electron chi connectivity index (χ0n) is 19.4. The number of sulfonamides is 1. The zero-order chi connectivity index (χ0) is 25.6. The van der Waals surface area contributed by atoms with Crippen LogP contribution in [0.2, 0.25) is 0 Å². The summed E-state index contributed by atoms with van der Waals surface area (Å²) in [5.74, 6) is 0.454. The molecule has 0 aromatic heterocycles. The third-order valence-electron chi connectivity index (χ3n) is 4.94. The van der Waals surface area contributed by atoms with Gasteiger partial charge in [0.15, 0.2) is 6.61 Å². The van der Waals surface area contributed by atoms with Crippen molar-refractivity contribution in [1.29, 1.82) is 0 Å². The fourth-order valence-corrected chi connectivity index (χ4v) is 4.28. The van der Waals surface area contributed by atoms with Crippen LogP contribution in [0.25, 0.3) is 0 Å². The Balaban J connectivity index is 1.64. The maximum atomic E-state index is 12.8. The van der Waals surface area contributed by atoms with E-state index >= 15 is 0 Å². The number of anilines is 2. The van der Waals surface area contributed by atoms with Crippen molar-refractivity contribution in [3.05, 3.63) is 81.9 Å². The van der Waals surface area contributed by atoms with Gasteiger partial charge in [-0.1, -0.05) is 6.07 Å². The lowest BCUT2D eigenvalue weighted by molar-refractivity contribution is -0.384. The highest BCUT2D eigenvalue weighted by Gasteiger charge is 2.17. The first-order valence-electron chi connectivity index (χ1n) is 10.6. The van der Waals surface area contributed by atoms with Crippen LogP contribution in [0.4, 0.5) is 17.1 Å². The summed E-state index contributed by atoms with van der Waals surface area (Å²) in [5.41, 5.74) is 1.73. The number of ether oxygens (including phenoxy) is 2. The first-order valence-corrected chi connectivity index (χ1v) is 12.1. The molecule has 184 valence electrons. The molecule has 0 saturated heterocycles. The Morgan fingerprint density at radius 1 is 0.971 bits per heavy atom. The highest BCUT2D eigenvalue weighted by atomic mass is 32.2. The lowest BCUT2D eigenvalue weighted by Crippen LogP contribution is -2.21. The van der Waals surface area contributed by atoms with Crippen molar-refractivity contribution in [2.45, 2.75) is 25.7 Å². The van der Waals surface area contributed by atoms with Crippen LogP contribution in [-0.4, -0.2) is 32.5 Å². The second-order valence-electron chi connectivity index (χ2n) is 7.58. The third-order valence-corrected chi connectivity index (χ3v) is 6.32. The number of benzene rings is 3. The predicted octanol–water partition coefficient (Wildman–Crippen LogP) is 4.43. The highest BCUT2D eigenvalue weighted by Crippen LogP contribution is 2.25. The molecule has 3 rings (SSSR count). The van der Waals surface area contributed by atoms with Crippen molar-refractivity contribution in [1.82, 2.24) is 0 Å². The molecule has 10 nitrogen and oxygen atoms in total. The molecule has 0 aliphatic rings. The number of nitrogens with one attached hydrogen (secondary N) is 2. The van der Waals surface area contributed by atoms with Gasteiger partial charge in [-0.15, -0.1) is 0 Å². The normalized spacial score (nSPS) is 10.9. The summed E-state index contributed by atoms with van der Waals surface area (Å²) < 4.78 is 38.9. The number of carbonyl (C=O) groups is 1. The molecular formula is C24H25N3O7S. The van der Waals surface area contributed by atoms with Crippen LogP contribution in [-0.2, 0) is 14.8 Å². The van der Waals surface area contributed by atoms with Crippen molar-refractivity contribution in [2.75, 3.05) is 23.3 Å². The van der Waals surface area contributed by atoms with Crippen LogP contribution in [0.1, 0.15) is 18.1 Å². The molecule has 3 aromatic carbocycles. The SMILES string of the molecule is CCOc1ccc(NS(=O)(=O)c2ccc(OCC(=O)Nc3cc([N+](=O)[O-])ccc3C)c(C)c2)cc1. The standard InChI is InChI=1S/C24H25N3O7S/c1-4-33-20-9-6-18(7-10-20)26-35(31,32)21-11-12-23(17(3)13-21)34-15-24(28)25-22-14-19(27(29)30)8-5-16(22)2/h5-14,26H,4,15H2,1-3H3,(H,25,28). The first-order chi connectivity index (χ1) is 16.6. The molecule has 0 heterocycles. The Morgan fingerprint density at radius 2 is 1.69 bits per heavy atom. The van der Waals surface area contributed by atoms with Crippen molar-refractivity contribution >= 4 is 33.0 Å². The number of hydrogen-bond acceptors (Lipinski definition) is 7. The number of nitrogens with zero attached hydrogens (tertiary/aromatic N) is 1. The van der Waals surface area contributed by atoms with E-state index in [1.807, 2.05) is 6.92 Å². The molecule has 0 unspecified atom stereocenters. The Hall–Kier alpha value is -4.12. The van der Waals surface area contributed by atoms with E-state index in [9.17, 15) is 23.3 Å². The van der Waals surface area contributed by atoms with Crippen LogP contribution in [0.5, 0.6) is 11.5 Å². The van der Waals surface area contributed by atoms with Crippen molar-refractivity contribution in [3.8, 4) is 11.5 Å². The summed E-state index contributed by atoms with van der Waals surface area (Å²) in [6.45, 7) is 5.38. The smallest absolute Gasteiger partial charge is 0.271 e. The van der Waals surface area contributed by atoms with Crippen LogP contribution in [0.15, 0.2) is 65.6 Å². The molecule has 35 heavy (non-hydrogen) atoms. The minimum atomic E-state index is -3.85. The molecule has 0 aliphatic heterocycles. The van der Waals surface area contributed by atoms with Gasteiger partial charge in [-0.05, 0) is 74.4 Å². The fraction of sp³-hybridized carbons (Fsp3) is 0.208. The Kier molecular flexibility index (Phi) is 7.92. The number of hydrogen-bond donors (Lipinski definition) is 2. The maximum absolute atomic E-state index is 12.8. The predicted molar refractivity (Wildman–Crippen MR) is 132 cm³/mol. The molecule has 3 aromatic rings. The van der Waals surface area contributed by atoms with E-state index in [1.165, 1.54) is 30.3 Å². The molecule has 0 fully saturated rings. The summed E-state index contributed by atoms with van der Waals surface area (Å²) >= 11 is 0. The van der Waals surface area contributed by atoms with E-state index in [4.69, 9.17) is 9.47 Å². The lowest BCUT2D eigenvalue weighted by Gasteiger charge is -2.13. The average molecular weight is 500 g/mol. The number of carbonyl (C=O) groups excluding carboxylic acids is 1. The van der Waals surface area contributed by atoms with Crippen molar-refractivity contribution < 1.29 is 27.6 Å². The number of non-ortho nitro benzene ring substituents is 1. The van der Waals surface area contributed by atoms with Gasteiger partial charge >= 0.3 is 0 Å². The summed E-state index contributed by atoms with van der Waals surface area (Å²) in [6, 6.07) is 15.0. The zero-order valence-corrected chi connectivity index (χ0v) is 20.2. The van der Waals surface area contributed by atoms with Gasteiger partial charge in [0.25, 0.3) is 21.6 Å². The average Bonchev–Trinajstić information content (AvgIpc) is 2.80. The van der Waals surface area contributed by atoms with E-state index < -0.39 is 20.9 Å². The van der Waals surface area contributed by atoms with E-state index in [2.05, 4.69) is 10.0 Å². The second kappa shape index (κ2) is 10.9. The lowest BCUT2D eigenvalue weighted by atomic mass is 10.2. The van der Waals surface area contributed by atoms with Gasteiger partial charge in [-0.25, -0.2) is 8.42 Å². The third kappa shape index (κ3) is 6.70. The highest BCUT2D eigenvalue weighted by molar-refractivity contribution is 7.92. The van der Waals surface area contributed by atoms with Crippen LogP contribution >= 0.6 is 0 Å².